The highest BCUT2D eigenvalue weighted by Crippen LogP contribution is 2.42. The monoisotopic (exact) mass is 231 g/mol. The second kappa shape index (κ2) is 5.21. The zero-order valence-corrected chi connectivity index (χ0v) is 10.6. The molecule has 0 bridgehead atoms. The minimum atomic E-state index is -0.473. The van der Waals surface area contributed by atoms with E-state index in [0.29, 0.717) is 5.92 Å². The standard InChI is InChI=1S/C11H21NO2S/c1-8(2)7-9(12)11(10(13)14-3)5-4-6-15-11/h8-9H,4-7,12H2,1-3H3/t9-,11?/m0/s1. The zero-order valence-electron chi connectivity index (χ0n) is 9.79. The molecule has 4 heteroatoms. The van der Waals surface area contributed by atoms with E-state index in [4.69, 9.17) is 10.5 Å². The van der Waals surface area contributed by atoms with E-state index in [1.165, 1.54) is 7.11 Å². The molecule has 1 aliphatic rings. The van der Waals surface area contributed by atoms with Gasteiger partial charge in [0.15, 0.2) is 0 Å². The van der Waals surface area contributed by atoms with Crippen LogP contribution in [-0.4, -0.2) is 29.6 Å². The number of hydrogen-bond acceptors (Lipinski definition) is 4. The Hall–Kier alpha value is -0.220. The van der Waals surface area contributed by atoms with Crippen molar-refractivity contribution in [1.29, 1.82) is 0 Å². The number of methoxy groups -OCH3 is 1. The molecule has 0 spiro atoms. The number of nitrogens with two attached hydrogens (primary N) is 1. The molecule has 1 saturated heterocycles. The number of thioether (sulfide) groups is 1. The Balaban J connectivity index is 2.76. The smallest absolute Gasteiger partial charge is 0.323 e. The summed E-state index contributed by atoms with van der Waals surface area (Å²) >= 11 is 1.67. The van der Waals surface area contributed by atoms with Crippen molar-refractivity contribution in [1.82, 2.24) is 0 Å². The first-order valence-corrected chi connectivity index (χ1v) is 6.49. The molecule has 1 rings (SSSR count). The third kappa shape index (κ3) is 2.67. The van der Waals surface area contributed by atoms with Gasteiger partial charge in [-0.2, -0.15) is 0 Å². The van der Waals surface area contributed by atoms with Crippen molar-refractivity contribution in [2.75, 3.05) is 12.9 Å². The highest BCUT2D eigenvalue weighted by molar-refractivity contribution is 8.01. The van der Waals surface area contributed by atoms with Gasteiger partial charge in [-0.05, 0) is 30.9 Å². The fourth-order valence-electron chi connectivity index (χ4n) is 2.14. The molecule has 0 amide bonds. The molecule has 0 aliphatic carbocycles. The van der Waals surface area contributed by atoms with Gasteiger partial charge in [-0.15, -0.1) is 11.8 Å². The normalized spacial score (nSPS) is 28.1. The van der Waals surface area contributed by atoms with E-state index >= 15 is 0 Å². The van der Waals surface area contributed by atoms with Gasteiger partial charge in [0.1, 0.15) is 4.75 Å². The van der Waals surface area contributed by atoms with Crippen LogP contribution in [0.5, 0.6) is 0 Å². The second-order valence-electron chi connectivity index (χ2n) is 4.57. The summed E-state index contributed by atoms with van der Waals surface area (Å²) in [5.74, 6) is 1.39. The lowest BCUT2D eigenvalue weighted by Gasteiger charge is -2.32. The maximum absolute atomic E-state index is 11.8. The van der Waals surface area contributed by atoms with Crippen molar-refractivity contribution >= 4 is 17.7 Å². The van der Waals surface area contributed by atoms with E-state index < -0.39 is 4.75 Å². The molecule has 0 aromatic rings. The summed E-state index contributed by atoms with van der Waals surface area (Å²) in [6.07, 6.45) is 2.80. The summed E-state index contributed by atoms with van der Waals surface area (Å²) in [6.45, 7) is 4.26. The summed E-state index contributed by atoms with van der Waals surface area (Å²) in [5, 5.41) is 0. The Morgan fingerprint density at radius 3 is 2.67 bits per heavy atom. The molecule has 2 atom stereocenters. The van der Waals surface area contributed by atoms with Crippen molar-refractivity contribution in [3.8, 4) is 0 Å². The van der Waals surface area contributed by atoms with Gasteiger partial charge in [-0.25, -0.2) is 0 Å². The maximum atomic E-state index is 11.8. The summed E-state index contributed by atoms with van der Waals surface area (Å²) in [4.78, 5) is 11.8. The molecule has 0 aromatic carbocycles. The lowest BCUT2D eigenvalue weighted by atomic mass is 9.89. The van der Waals surface area contributed by atoms with Crippen LogP contribution in [0.25, 0.3) is 0 Å². The lowest BCUT2D eigenvalue weighted by Crippen LogP contribution is -2.51. The third-order valence-corrected chi connectivity index (χ3v) is 4.59. The average Bonchev–Trinajstić information content (AvgIpc) is 2.65. The summed E-state index contributed by atoms with van der Waals surface area (Å²) in [5.41, 5.74) is 6.17. The molecule has 0 saturated carbocycles. The number of esters is 1. The molecule has 88 valence electrons. The third-order valence-electron chi connectivity index (χ3n) is 2.91. The number of rotatable bonds is 4. The minimum absolute atomic E-state index is 0.0857. The van der Waals surface area contributed by atoms with Gasteiger partial charge in [-0.1, -0.05) is 13.8 Å². The van der Waals surface area contributed by atoms with Crippen LogP contribution in [0.1, 0.15) is 33.1 Å². The van der Waals surface area contributed by atoms with Gasteiger partial charge in [0.2, 0.25) is 0 Å². The van der Waals surface area contributed by atoms with Crippen LogP contribution in [-0.2, 0) is 9.53 Å². The van der Waals surface area contributed by atoms with Crippen molar-refractivity contribution < 1.29 is 9.53 Å². The fraction of sp³-hybridized carbons (Fsp3) is 0.909. The molecule has 1 aliphatic heterocycles. The first kappa shape index (κ1) is 12.8. The van der Waals surface area contributed by atoms with Crippen LogP contribution in [0.15, 0.2) is 0 Å². The molecule has 1 heterocycles. The van der Waals surface area contributed by atoms with Gasteiger partial charge in [0, 0.05) is 6.04 Å². The Kier molecular flexibility index (Phi) is 4.46. The lowest BCUT2D eigenvalue weighted by molar-refractivity contribution is -0.144. The molecule has 3 nitrogen and oxygen atoms in total. The zero-order chi connectivity index (χ0) is 11.5. The molecule has 0 aromatic heterocycles. The predicted molar refractivity (Wildman–Crippen MR) is 63.9 cm³/mol. The number of ether oxygens (including phenoxy) is 1. The predicted octanol–water partition coefficient (Wildman–Crippen LogP) is 1.80. The van der Waals surface area contributed by atoms with Gasteiger partial charge < -0.3 is 10.5 Å². The van der Waals surface area contributed by atoms with E-state index in [2.05, 4.69) is 13.8 Å². The van der Waals surface area contributed by atoms with Crippen LogP contribution in [0.3, 0.4) is 0 Å². The van der Waals surface area contributed by atoms with Crippen LogP contribution in [0, 0.1) is 5.92 Å². The van der Waals surface area contributed by atoms with Crippen LogP contribution in [0.2, 0.25) is 0 Å². The summed E-state index contributed by atoms with van der Waals surface area (Å²) in [7, 11) is 1.45. The largest absolute Gasteiger partial charge is 0.468 e. The second-order valence-corrected chi connectivity index (χ2v) is 5.99. The number of carbonyl (C=O) groups excluding carboxylic acids is 1. The van der Waals surface area contributed by atoms with Crippen molar-refractivity contribution in [2.45, 2.75) is 43.9 Å². The van der Waals surface area contributed by atoms with E-state index in [9.17, 15) is 4.79 Å². The van der Waals surface area contributed by atoms with Gasteiger partial charge >= 0.3 is 5.97 Å². The van der Waals surface area contributed by atoms with Crippen LogP contribution < -0.4 is 5.73 Å². The van der Waals surface area contributed by atoms with E-state index in [1.54, 1.807) is 11.8 Å². The molecule has 15 heavy (non-hydrogen) atoms. The Morgan fingerprint density at radius 1 is 1.60 bits per heavy atom. The summed E-state index contributed by atoms with van der Waals surface area (Å²) in [6, 6.07) is -0.0857. The van der Waals surface area contributed by atoms with E-state index in [-0.39, 0.29) is 12.0 Å². The maximum Gasteiger partial charge on any atom is 0.323 e. The minimum Gasteiger partial charge on any atom is -0.468 e. The van der Waals surface area contributed by atoms with Crippen molar-refractivity contribution in [2.24, 2.45) is 11.7 Å². The van der Waals surface area contributed by atoms with Gasteiger partial charge in [0.25, 0.3) is 0 Å². The quantitative estimate of drug-likeness (QED) is 0.750. The Bertz CT molecular complexity index is 225. The summed E-state index contributed by atoms with van der Waals surface area (Å²) < 4.78 is 4.43. The number of hydrogen-bond donors (Lipinski definition) is 1. The Morgan fingerprint density at radius 2 is 2.27 bits per heavy atom. The first-order valence-electron chi connectivity index (χ1n) is 5.51. The molecule has 1 unspecified atom stereocenters. The number of carbonyl (C=O) groups is 1. The highest BCUT2D eigenvalue weighted by Gasteiger charge is 2.48. The molecular formula is C11H21NO2S. The first-order chi connectivity index (χ1) is 7.03. The van der Waals surface area contributed by atoms with Gasteiger partial charge in [-0.3, -0.25) is 4.79 Å². The molecule has 2 N–H and O–H groups in total. The van der Waals surface area contributed by atoms with Gasteiger partial charge in [0.05, 0.1) is 7.11 Å². The van der Waals surface area contributed by atoms with E-state index in [1.807, 2.05) is 0 Å². The molecular weight excluding hydrogens is 210 g/mol. The highest BCUT2D eigenvalue weighted by atomic mass is 32.2. The van der Waals surface area contributed by atoms with Crippen molar-refractivity contribution in [3.05, 3.63) is 0 Å². The van der Waals surface area contributed by atoms with E-state index in [0.717, 1.165) is 25.0 Å². The topological polar surface area (TPSA) is 52.3 Å². The van der Waals surface area contributed by atoms with Crippen molar-refractivity contribution in [3.63, 3.8) is 0 Å². The van der Waals surface area contributed by atoms with Crippen LogP contribution in [0.4, 0.5) is 0 Å². The Labute approximate surface area is 96.1 Å². The average molecular weight is 231 g/mol. The van der Waals surface area contributed by atoms with Crippen LogP contribution >= 0.6 is 11.8 Å². The molecule has 1 fully saturated rings. The molecule has 0 radical (unpaired) electrons. The fourth-order valence-corrected chi connectivity index (χ4v) is 3.59. The SMILES string of the molecule is COC(=O)C1([C@@H](N)CC(C)C)CCCS1.